The molecule has 4 nitrogen and oxygen atoms in total. The van der Waals surface area contributed by atoms with Crippen LogP contribution in [0.4, 0.5) is 14.5 Å². The van der Waals surface area contributed by atoms with E-state index in [1.165, 1.54) is 18.2 Å². The molecular weight excluding hydrogens is 326 g/mol. The minimum Gasteiger partial charge on any atom is -0.342 e. The van der Waals surface area contributed by atoms with E-state index in [4.69, 9.17) is 0 Å². The second kappa shape index (κ2) is 8.37. The van der Waals surface area contributed by atoms with E-state index in [0.717, 1.165) is 25.0 Å². The second-order valence-corrected chi connectivity index (χ2v) is 5.74. The zero-order valence-electron chi connectivity index (χ0n) is 14.2. The van der Waals surface area contributed by atoms with Crippen molar-refractivity contribution in [3.05, 3.63) is 65.2 Å². The fourth-order valence-corrected chi connectivity index (χ4v) is 2.26. The summed E-state index contributed by atoms with van der Waals surface area (Å²) in [4.78, 5) is 26.0. The Balaban J connectivity index is 2.04. The van der Waals surface area contributed by atoms with Gasteiger partial charge in [0.15, 0.2) is 11.6 Å². The van der Waals surface area contributed by atoms with E-state index in [9.17, 15) is 18.4 Å². The number of carbonyl (C=O) groups is 2. The summed E-state index contributed by atoms with van der Waals surface area (Å²) < 4.78 is 26.1. The summed E-state index contributed by atoms with van der Waals surface area (Å²) in [5, 5.41) is 2.48. The standard InChI is InChI=1S/C19H20F2N2O2/c1-3-4-11-23(2)19(25)14-7-5-13(6-8-14)18(24)22-15-9-10-16(20)17(21)12-15/h5-10,12H,3-4,11H2,1-2H3,(H,22,24). The molecule has 2 amide bonds. The molecule has 2 rings (SSSR count). The Morgan fingerprint density at radius 2 is 1.64 bits per heavy atom. The number of benzene rings is 2. The molecule has 2 aromatic carbocycles. The molecule has 0 heterocycles. The molecule has 2 aromatic rings. The number of nitrogens with zero attached hydrogens (tertiary/aromatic N) is 1. The Labute approximate surface area is 145 Å². The minimum atomic E-state index is -1.03. The van der Waals surface area contributed by atoms with Crippen molar-refractivity contribution in [3.8, 4) is 0 Å². The predicted octanol–water partition coefficient (Wildman–Crippen LogP) is 4.09. The maximum atomic E-state index is 13.2. The smallest absolute Gasteiger partial charge is 0.255 e. The van der Waals surface area contributed by atoms with Gasteiger partial charge in [-0.15, -0.1) is 0 Å². The molecule has 0 aliphatic rings. The van der Waals surface area contributed by atoms with Gasteiger partial charge in [0.2, 0.25) is 0 Å². The molecule has 25 heavy (non-hydrogen) atoms. The van der Waals surface area contributed by atoms with Gasteiger partial charge in [-0.3, -0.25) is 9.59 Å². The van der Waals surface area contributed by atoms with Gasteiger partial charge in [-0.25, -0.2) is 8.78 Å². The molecule has 0 saturated carbocycles. The Morgan fingerprint density at radius 1 is 1.00 bits per heavy atom. The van der Waals surface area contributed by atoms with Gasteiger partial charge >= 0.3 is 0 Å². The maximum absolute atomic E-state index is 13.2. The second-order valence-electron chi connectivity index (χ2n) is 5.74. The lowest BCUT2D eigenvalue weighted by atomic mass is 10.1. The van der Waals surface area contributed by atoms with Crippen LogP contribution in [0, 0.1) is 11.6 Å². The Kier molecular flexibility index (Phi) is 6.22. The number of carbonyl (C=O) groups excluding carboxylic acids is 2. The number of anilines is 1. The molecule has 0 fully saturated rings. The quantitative estimate of drug-likeness (QED) is 0.856. The van der Waals surface area contributed by atoms with Crippen LogP contribution in [0.25, 0.3) is 0 Å². The molecule has 0 aliphatic heterocycles. The third kappa shape index (κ3) is 4.86. The molecule has 0 aliphatic carbocycles. The van der Waals surface area contributed by atoms with Crippen LogP contribution in [-0.4, -0.2) is 30.3 Å². The molecule has 0 bridgehead atoms. The lowest BCUT2D eigenvalue weighted by Gasteiger charge is -2.16. The summed E-state index contributed by atoms with van der Waals surface area (Å²) in [5.74, 6) is -2.59. The van der Waals surface area contributed by atoms with Crippen LogP contribution in [0.1, 0.15) is 40.5 Å². The SMILES string of the molecule is CCCCN(C)C(=O)c1ccc(C(=O)Nc2ccc(F)c(F)c2)cc1. The zero-order valence-corrected chi connectivity index (χ0v) is 14.2. The van der Waals surface area contributed by atoms with E-state index in [2.05, 4.69) is 12.2 Å². The van der Waals surface area contributed by atoms with Crippen LogP contribution < -0.4 is 5.32 Å². The van der Waals surface area contributed by atoms with Crippen molar-refractivity contribution in [1.29, 1.82) is 0 Å². The van der Waals surface area contributed by atoms with Gasteiger partial charge in [-0.1, -0.05) is 13.3 Å². The monoisotopic (exact) mass is 346 g/mol. The Bertz CT molecular complexity index is 761. The van der Waals surface area contributed by atoms with Gasteiger partial charge in [-0.05, 0) is 42.8 Å². The van der Waals surface area contributed by atoms with Crippen LogP contribution in [0.5, 0.6) is 0 Å². The van der Waals surface area contributed by atoms with Crippen molar-refractivity contribution in [1.82, 2.24) is 4.90 Å². The number of hydrogen-bond acceptors (Lipinski definition) is 2. The van der Waals surface area contributed by atoms with Crippen LogP contribution in [0.15, 0.2) is 42.5 Å². The van der Waals surface area contributed by atoms with Gasteiger partial charge in [0, 0.05) is 36.5 Å². The molecule has 0 unspecified atom stereocenters. The Morgan fingerprint density at radius 3 is 2.24 bits per heavy atom. The first-order valence-corrected chi connectivity index (χ1v) is 8.04. The number of hydrogen-bond donors (Lipinski definition) is 1. The van der Waals surface area contributed by atoms with Crippen molar-refractivity contribution in [2.75, 3.05) is 18.9 Å². The lowest BCUT2D eigenvalue weighted by Crippen LogP contribution is -2.27. The van der Waals surface area contributed by atoms with Gasteiger partial charge in [0.1, 0.15) is 0 Å². The third-order valence-electron chi connectivity index (χ3n) is 3.77. The molecule has 0 saturated heterocycles. The van der Waals surface area contributed by atoms with Crippen molar-refractivity contribution >= 4 is 17.5 Å². The van der Waals surface area contributed by atoms with E-state index in [1.54, 1.807) is 24.1 Å². The van der Waals surface area contributed by atoms with E-state index in [1.807, 2.05) is 0 Å². The van der Waals surface area contributed by atoms with E-state index >= 15 is 0 Å². The predicted molar refractivity (Wildman–Crippen MR) is 92.6 cm³/mol. The highest BCUT2D eigenvalue weighted by molar-refractivity contribution is 6.05. The number of rotatable bonds is 6. The maximum Gasteiger partial charge on any atom is 0.255 e. The van der Waals surface area contributed by atoms with Crippen LogP contribution in [-0.2, 0) is 0 Å². The Hall–Kier alpha value is -2.76. The van der Waals surface area contributed by atoms with Crippen molar-refractivity contribution in [2.45, 2.75) is 19.8 Å². The molecular formula is C19H20F2N2O2. The van der Waals surface area contributed by atoms with Crippen molar-refractivity contribution < 1.29 is 18.4 Å². The lowest BCUT2D eigenvalue weighted by molar-refractivity contribution is 0.0792. The molecule has 1 N–H and O–H groups in total. The van der Waals surface area contributed by atoms with Gasteiger partial charge in [0.05, 0.1) is 0 Å². The fourth-order valence-electron chi connectivity index (χ4n) is 2.26. The van der Waals surface area contributed by atoms with Gasteiger partial charge < -0.3 is 10.2 Å². The van der Waals surface area contributed by atoms with Crippen LogP contribution in [0.2, 0.25) is 0 Å². The molecule has 0 radical (unpaired) electrons. The highest BCUT2D eigenvalue weighted by atomic mass is 19.2. The molecule has 0 spiro atoms. The number of nitrogens with one attached hydrogen (secondary N) is 1. The van der Waals surface area contributed by atoms with Crippen LogP contribution >= 0.6 is 0 Å². The van der Waals surface area contributed by atoms with E-state index in [0.29, 0.717) is 17.7 Å². The van der Waals surface area contributed by atoms with Gasteiger partial charge in [-0.2, -0.15) is 0 Å². The number of halogens is 2. The summed E-state index contributed by atoms with van der Waals surface area (Å²) in [6.07, 6.45) is 1.93. The summed E-state index contributed by atoms with van der Waals surface area (Å²) in [5.41, 5.74) is 0.962. The normalized spacial score (nSPS) is 10.4. The highest BCUT2D eigenvalue weighted by Gasteiger charge is 2.13. The first kappa shape index (κ1) is 18.6. The molecule has 0 aromatic heterocycles. The summed E-state index contributed by atoms with van der Waals surface area (Å²) >= 11 is 0. The van der Waals surface area contributed by atoms with Gasteiger partial charge in [0.25, 0.3) is 11.8 Å². The summed E-state index contributed by atoms with van der Waals surface area (Å²) in [7, 11) is 1.74. The average Bonchev–Trinajstić information content (AvgIpc) is 2.62. The van der Waals surface area contributed by atoms with Crippen molar-refractivity contribution in [3.63, 3.8) is 0 Å². The first-order chi connectivity index (χ1) is 11.9. The fraction of sp³-hybridized carbons (Fsp3) is 0.263. The largest absolute Gasteiger partial charge is 0.342 e. The average molecular weight is 346 g/mol. The number of unbranched alkanes of at least 4 members (excludes halogenated alkanes) is 1. The first-order valence-electron chi connectivity index (χ1n) is 8.04. The molecule has 132 valence electrons. The zero-order chi connectivity index (χ0) is 18.4. The van der Waals surface area contributed by atoms with E-state index < -0.39 is 17.5 Å². The minimum absolute atomic E-state index is 0.110. The van der Waals surface area contributed by atoms with Crippen molar-refractivity contribution in [2.24, 2.45) is 0 Å². The van der Waals surface area contributed by atoms with E-state index in [-0.39, 0.29) is 11.6 Å². The molecule has 6 heteroatoms. The number of amides is 2. The van der Waals surface area contributed by atoms with Crippen LogP contribution in [0.3, 0.4) is 0 Å². The summed E-state index contributed by atoms with van der Waals surface area (Å²) in [6, 6.07) is 9.33. The topological polar surface area (TPSA) is 49.4 Å². The summed E-state index contributed by atoms with van der Waals surface area (Å²) in [6.45, 7) is 2.73. The highest BCUT2D eigenvalue weighted by Crippen LogP contribution is 2.15. The third-order valence-corrected chi connectivity index (χ3v) is 3.77. The molecule has 0 atom stereocenters.